The molecule has 4 N–H and O–H groups in total. The lowest BCUT2D eigenvalue weighted by Crippen LogP contribution is -2.28. The van der Waals surface area contributed by atoms with Gasteiger partial charge in [0.25, 0.3) is 0 Å². The van der Waals surface area contributed by atoms with Gasteiger partial charge in [0.2, 0.25) is 5.91 Å². The summed E-state index contributed by atoms with van der Waals surface area (Å²) in [5.74, 6) is -1.61. The number of aliphatic carboxylic acids is 1. The summed E-state index contributed by atoms with van der Waals surface area (Å²) in [6.45, 7) is 1.75. The fourth-order valence-corrected chi connectivity index (χ4v) is 1.55. The Hall–Kier alpha value is -1.75. The number of anilines is 1. The quantitative estimate of drug-likeness (QED) is 0.748. The van der Waals surface area contributed by atoms with Gasteiger partial charge in [0.05, 0.1) is 10.6 Å². The Labute approximate surface area is 104 Å². The number of hydrogen-bond acceptors (Lipinski definition) is 3. The third kappa shape index (κ3) is 3.35. The molecule has 6 heteroatoms. The zero-order valence-electron chi connectivity index (χ0n) is 9.24. The third-order valence-corrected chi connectivity index (χ3v) is 2.61. The maximum Gasteiger partial charge on any atom is 0.326 e. The fourth-order valence-electron chi connectivity index (χ4n) is 1.34. The zero-order chi connectivity index (χ0) is 13.0. The summed E-state index contributed by atoms with van der Waals surface area (Å²) >= 11 is 5.78. The van der Waals surface area contributed by atoms with Gasteiger partial charge in [-0.1, -0.05) is 18.5 Å². The zero-order valence-corrected chi connectivity index (χ0v) is 9.99. The van der Waals surface area contributed by atoms with E-state index in [1.165, 1.54) is 12.1 Å². The minimum Gasteiger partial charge on any atom is -0.480 e. The van der Waals surface area contributed by atoms with Crippen LogP contribution < -0.4 is 11.1 Å². The molecule has 0 saturated heterocycles. The summed E-state index contributed by atoms with van der Waals surface area (Å²) in [7, 11) is 0. The molecular weight excluding hydrogens is 244 g/mol. The van der Waals surface area contributed by atoms with Gasteiger partial charge in [0.1, 0.15) is 6.04 Å². The molecule has 0 aliphatic rings. The van der Waals surface area contributed by atoms with Crippen molar-refractivity contribution in [3.63, 3.8) is 0 Å². The SMILES string of the molecule is CCC(Nc1ccc(Cl)c(C(N)=O)c1)C(=O)O. The van der Waals surface area contributed by atoms with Crippen molar-refractivity contribution in [1.29, 1.82) is 0 Å². The second-order valence-corrected chi connectivity index (χ2v) is 3.91. The summed E-state index contributed by atoms with van der Waals surface area (Å²) in [5.41, 5.74) is 5.80. The molecule has 17 heavy (non-hydrogen) atoms. The second-order valence-electron chi connectivity index (χ2n) is 3.50. The molecule has 0 saturated carbocycles. The van der Waals surface area contributed by atoms with E-state index in [0.717, 1.165) is 0 Å². The molecule has 0 fully saturated rings. The highest BCUT2D eigenvalue weighted by Gasteiger charge is 2.15. The molecule has 0 spiro atoms. The number of benzene rings is 1. The molecule has 1 aromatic carbocycles. The van der Waals surface area contributed by atoms with E-state index >= 15 is 0 Å². The Kier molecular flexibility index (Phi) is 4.34. The molecule has 1 rings (SSSR count). The Morgan fingerprint density at radius 3 is 2.65 bits per heavy atom. The number of carboxylic acid groups (broad SMARTS) is 1. The normalized spacial score (nSPS) is 11.9. The van der Waals surface area contributed by atoms with E-state index in [4.69, 9.17) is 22.4 Å². The van der Waals surface area contributed by atoms with Crippen LogP contribution in [0.1, 0.15) is 23.7 Å². The summed E-state index contributed by atoms with van der Waals surface area (Å²) in [6.07, 6.45) is 0.421. The smallest absolute Gasteiger partial charge is 0.326 e. The van der Waals surface area contributed by atoms with Crippen LogP contribution in [0.15, 0.2) is 18.2 Å². The molecule has 0 aromatic heterocycles. The van der Waals surface area contributed by atoms with Crippen LogP contribution in [-0.4, -0.2) is 23.0 Å². The number of carbonyl (C=O) groups excluding carboxylic acids is 1. The van der Waals surface area contributed by atoms with E-state index < -0.39 is 17.9 Å². The van der Waals surface area contributed by atoms with Crippen molar-refractivity contribution in [2.24, 2.45) is 5.73 Å². The highest BCUT2D eigenvalue weighted by molar-refractivity contribution is 6.33. The molecule has 92 valence electrons. The van der Waals surface area contributed by atoms with Crippen molar-refractivity contribution < 1.29 is 14.7 Å². The van der Waals surface area contributed by atoms with Crippen LogP contribution in [0.5, 0.6) is 0 Å². The summed E-state index contributed by atoms with van der Waals surface area (Å²) in [5, 5.41) is 11.9. The monoisotopic (exact) mass is 256 g/mol. The van der Waals surface area contributed by atoms with Gasteiger partial charge in [-0.3, -0.25) is 4.79 Å². The first-order valence-electron chi connectivity index (χ1n) is 5.04. The van der Waals surface area contributed by atoms with E-state index in [-0.39, 0.29) is 10.6 Å². The number of hydrogen-bond donors (Lipinski definition) is 3. The van der Waals surface area contributed by atoms with Crippen molar-refractivity contribution in [3.05, 3.63) is 28.8 Å². The number of primary amides is 1. The predicted octanol–water partition coefficient (Wildman–Crippen LogP) is 1.71. The topological polar surface area (TPSA) is 92.4 Å². The molecular formula is C11H13ClN2O3. The number of amides is 1. The van der Waals surface area contributed by atoms with E-state index in [9.17, 15) is 9.59 Å². The fraction of sp³-hybridized carbons (Fsp3) is 0.273. The van der Waals surface area contributed by atoms with Gasteiger partial charge >= 0.3 is 5.97 Å². The van der Waals surface area contributed by atoms with Crippen molar-refractivity contribution in [2.75, 3.05) is 5.32 Å². The Bertz CT molecular complexity index is 448. The predicted molar refractivity (Wildman–Crippen MR) is 65.3 cm³/mol. The first kappa shape index (κ1) is 13.3. The van der Waals surface area contributed by atoms with Gasteiger partial charge in [-0.2, -0.15) is 0 Å². The summed E-state index contributed by atoms with van der Waals surface area (Å²) in [6, 6.07) is 3.83. The van der Waals surface area contributed by atoms with Crippen molar-refractivity contribution in [3.8, 4) is 0 Å². The lowest BCUT2D eigenvalue weighted by Gasteiger charge is -2.14. The maximum atomic E-state index is 11.1. The lowest BCUT2D eigenvalue weighted by atomic mass is 10.1. The number of nitrogens with one attached hydrogen (secondary N) is 1. The molecule has 1 amide bonds. The largest absolute Gasteiger partial charge is 0.480 e. The van der Waals surface area contributed by atoms with Crippen molar-refractivity contribution >= 4 is 29.2 Å². The molecule has 1 atom stereocenters. The van der Waals surface area contributed by atoms with Crippen LogP contribution in [0.3, 0.4) is 0 Å². The van der Waals surface area contributed by atoms with Crippen LogP contribution in [0, 0.1) is 0 Å². The number of carboxylic acids is 1. The molecule has 1 unspecified atom stereocenters. The molecule has 0 bridgehead atoms. The third-order valence-electron chi connectivity index (χ3n) is 2.28. The number of nitrogens with two attached hydrogens (primary N) is 1. The molecule has 5 nitrogen and oxygen atoms in total. The molecule has 0 radical (unpaired) electrons. The van der Waals surface area contributed by atoms with E-state index in [0.29, 0.717) is 12.1 Å². The number of rotatable bonds is 5. The Morgan fingerprint density at radius 1 is 1.53 bits per heavy atom. The van der Waals surface area contributed by atoms with Gasteiger partial charge < -0.3 is 16.2 Å². The van der Waals surface area contributed by atoms with Crippen LogP contribution >= 0.6 is 11.6 Å². The summed E-state index contributed by atoms with van der Waals surface area (Å²) < 4.78 is 0. The van der Waals surface area contributed by atoms with Crippen LogP contribution in [-0.2, 0) is 4.79 Å². The molecule has 0 aliphatic carbocycles. The van der Waals surface area contributed by atoms with Gasteiger partial charge in [-0.05, 0) is 24.6 Å². The van der Waals surface area contributed by atoms with Crippen LogP contribution in [0.25, 0.3) is 0 Å². The van der Waals surface area contributed by atoms with Gasteiger partial charge in [-0.15, -0.1) is 0 Å². The average Bonchev–Trinajstić information content (AvgIpc) is 2.27. The standard InChI is InChI=1S/C11H13ClN2O3/c1-2-9(11(16)17)14-6-3-4-8(12)7(5-6)10(13)15/h3-5,9,14H,2H2,1H3,(H2,13,15)(H,16,17). The minimum absolute atomic E-state index is 0.164. The minimum atomic E-state index is -0.955. The Morgan fingerprint density at radius 2 is 2.18 bits per heavy atom. The molecule has 1 aromatic rings. The van der Waals surface area contributed by atoms with E-state index in [2.05, 4.69) is 5.32 Å². The van der Waals surface area contributed by atoms with Crippen LogP contribution in [0.4, 0.5) is 5.69 Å². The highest BCUT2D eigenvalue weighted by atomic mass is 35.5. The van der Waals surface area contributed by atoms with Gasteiger partial charge in [0.15, 0.2) is 0 Å². The summed E-state index contributed by atoms with van der Waals surface area (Å²) in [4.78, 5) is 21.9. The van der Waals surface area contributed by atoms with Crippen molar-refractivity contribution in [2.45, 2.75) is 19.4 Å². The highest BCUT2D eigenvalue weighted by Crippen LogP contribution is 2.21. The molecule has 0 heterocycles. The van der Waals surface area contributed by atoms with E-state index in [1.807, 2.05) is 0 Å². The number of halogens is 1. The second kappa shape index (κ2) is 5.54. The van der Waals surface area contributed by atoms with E-state index in [1.54, 1.807) is 13.0 Å². The van der Waals surface area contributed by atoms with Gasteiger partial charge in [-0.25, -0.2) is 4.79 Å². The number of carbonyl (C=O) groups is 2. The Balaban J connectivity index is 2.96. The maximum absolute atomic E-state index is 11.1. The van der Waals surface area contributed by atoms with Gasteiger partial charge in [0, 0.05) is 5.69 Å². The lowest BCUT2D eigenvalue weighted by molar-refractivity contribution is -0.137. The first-order valence-corrected chi connectivity index (χ1v) is 5.42. The van der Waals surface area contributed by atoms with Crippen LogP contribution in [0.2, 0.25) is 5.02 Å². The molecule has 0 aliphatic heterocycles. The average molecular weight is 257 g/mol. The first-order chi connectivity index (χ1) is 7.95. The van der Waals surface area contributed by atoms with Crippen molar-refractivity contribution in [1.82, 2.24) is 0 Å².